The molecule has 0 saturated carbocycles. The highest BCUT2D eigenvalue weighted by Gasteiger charge is 2.06. The van der Waals surface area contributed by atoms with Crippen molar-refractivity contribution < 1.29 is 0 Å². The highest BCUT2D eigenvalue weighted by atomic mass is 35.5. The number of halogens is 1. The van der Waals surface area contributed by atoms with Crippen LogP contribution in [0.25, 0.3) is 11.1 Å². The van der Waals surface area contributed by atoms with Crippen molar-refractivity contribution in [3.8, 4) is 0 Å². The Labute approximate surface area is 117 Å². The quantitative estimate of drug-likeness (QED) is 0.897. The first-order valence-corrected chi connectivity index (χ1v) is 6.16. The fraction of sp³-hybridized carbons (Fsp3) is 0.0667. The first-order valence-electron chi connectivity index (χ1n) is 5.78. The third kappa shape index (κ3) is 3.20. The van der Waals surface area contributed by atoms with Crippen molar-refractivity contribution in [2.45, 2.75) is 6.92 Å². The summed E-state index contributed by atoms with van der Waals surface area (Å²) in [6.07, 6.45) is 3.49. The van der Waals surface area contributed by atoms with Crippen molar-refractivity contribution in [1.82, 2.24) is 9.97 Å². The number of aryl methyl sites for hydroxylation is 1. The molecule has 0 atom stereocenters. The number of aromatic nitrogens is 2. The number of anilines is 2. The predicted molar refractivity (Wildman–Crippen MR) is 81.5 cm³/mol. The molecule has 0 fully saturated rings. The molecule has 0 spiro atoms. The summed E-state index contributed by atoms with van der Waals surface area (Å²) in [6, 6.07) is 7.61. The van der Waals surface area contributed by atoms with Gasteiger partial charge in [-0.15, -0.1) is 0 Å². The van der Waals surface area contributed by atoms with Gasteiger partial charge in [-0.2, -0.15) is 0 Å². The van der Waals surface area contributed by atoms with E-state index in [1.807, 2.05) is 31.2 Å². The first kappa shape index (κ1) is 13.3. The summed E-state index contributed by atoms with van der Waals surface area (Å²) in [5.41, 5.74) is 2.58. The van der Waals surface area contributed by atoms with Gasteiger partial charge in [-0.1, -0.05) is 36.9 Å². The minimum atomic E-state index is 0.385. The molecule has 3 nitrogen and oxygen atoms in total. The summed E-state index contributed by atoms with van der Waals surface area (Å²) in [6.45, 7) is 9.42. The molecule has 4 heteroatoms. The summed E-state index contributed by atoms with van der Waals surface area (Å²) in [4.78, 5) is 8.67. The fourth-order valence-corrected chi connectivity index (χ4v) is 1.75. The Morgan fingerprint density at radius 2 is 2.00 bits per heavy atom. The van der Waals surface area contributed by atoms with Crippen LogP contribution in [0.2, 0.25) is 0 Å². The van der Waals surface area contributed by atoms with E-state index in [-0.39, 0.29) is 0 Å². The van der Waals surface area contributed by atoms with Crippen LogP contribution in [0, 0.1) is 6.92 Å². The molecule has 0 radical (unpaired) electrons. The Hall–Kier alpha value is -2.13. The lowest BCUT2D eigenvalue weighted by Crippen LogP contribution is -1.99. The molecule has 0 bridgehead atoms. The second-order valence-electron chi connectivity index (χ2n) is 4.09. The monoisotopic (exact) mass is 271 g/mol. The van der Waals surface area contributed by atoms with E-state index in [0.29, 0.717) is 16.5 Å². The van der Waals surface area contributed by atoms with Crippen molar-refractivity contribution in [2.75, 3.05) is 5.32 Å². The Balaban J connectivity index is 2.31. The van der Waals surface area contributed by atoms with E-state index in [4.69, 9.17) is 11.6 Å². The van der Waals surface area contributed by atoms with Crippen molar-refractivity contribution in [3.05, 3.63) is 60.4 Å². The zero-order valence-corrected chi connectivity index (χ0v) is 11.4. The molecule has 1 N–H and O–H groups in total. The molecule has 2 aromatic heterocycles. The Morgan fingerprint density at radius 3 is 2.58 bits per heavy atom. The molecule has 96 valence electrons. The SMILES string of the molecule is C=Cc1ccc(Nc2ccc(C)cn2)nc1C(=C)Cl. The molecular weight excluding hydrogens is 258 g/mol. The van der Waals surface area contributed by atoms with Crippen LogP contribution in [0.4, 0.5) is 11.6 Å². The van der Waals surface area contributed by atoms with Crippen molar-refractivity contribution in [1.29, 1.82) is 0 Å². The molecular formula is C15H14ClN3. The average Bonchev–Trinajstić information content (AvgIpc) is 2.41. The van der Waals surface area contributed by atoms with E-state index in [0.717, 1.165) is 16.9 Å². The number of rotatable bonds is 4. The standard InChI is InChI=1S/C15H14ClN3/c1-4-12-6-8-14(19-15(12)11(3)16)18-13-7-5-10(2)9-17-13/h4-9H,1,3H2,2H3,(H,17,18,19). The Morgan fingerprint density at radius 1 is 1.26 bits per heavy atom. The van der Waals surface area contributed by atoms with Gasteiger partial charge in [-0.25, -0.2) is 9.97 Å². The molecule has 2 aromatic rings. The number of nitrogens with zero attached hydrogens (tertiary/aromatic N) is 2. The van der Waals surface area contributed by atoms with Crippen LogP contribution >= 0.6 is 11.6 Å². The number of hydrogen-bond donors (Lipinski definition) is 1. The third-order valence-corrected chi connectivity index (χ3v) is 2.75. The lowest BCUT2D eigenvalue weighted by Gasteiger charge is -2.08. The van der Waals surface area contributed by atoms with Gasteiger partial charge in [0.25, 0.3) is 0 Å². The van der Waals surface area contributed by atoms with Crippen molar-refractivity contribution >= 4 is 34.3 Å². The summed E-state index contributed by atoms with van der Waals surface area (Å²) in [7, 11) is 0. The molecule has 19 heavy (non-hydrogen) atoms. The summed E-state index contributed by atoms with van der Waals surface area (Å²) < 4.78 is 0. The van der Waals surface area contributed by atoms with E-state index in [1.54, 1.807) is 12.3 Å². The van der Waals surface area contributed by atoms with Gasteiger partial charge in [-0.05, 0) is 30.7 Å². The first-order chi connectivity index (χ1) is 9.10. The van der Waals surface area contributed by atoms with E-state index in [2.05, 4.69) is 28.4 Å². The predicted octanol–water partition coefficient (Wildman–Crippen LogP) is 4.38. The largest absolute Gasteiger partial charge is 0.325 e. The zero-order chi connectivity index (χ0) is 13.8. The van der Waals surface area contributed by atoms with Crippen molar-refractivity contribution in [3.63, 3.8) is 0 Å². The molecule has 0 aliphatic heterocycles. The van der Waals surface area contributed by atoms with Gasteiger partial charge in [0.1, 0.15) is 11.6 Å². The molecule has 0 saturated heterocycles. The molecule has 0 aliphatic carbocycles. The van der Waals surface area contributed by atoms with Gasteiger partial charge in [-0.3, -0.25) is 0 Å². The van der Waals surface area contributed by atoms with Gasteiger partial charge >= 0.3 is 0 Å². The van der Waals surface area contributed by atoms with E-state index >= 15 is 0 Å². The average molecular weight is 272 g/mol. The van der Waals surface area contributed by atoms with Crippen LogP contribution in [0.5, 0.6) is 0 Å². The smallest absolute Gasteiger partial charge is 0.132 e. The third-order valence-electron chi connectivity index (χ3n) is 2.57. The molecule has 0 aromatic carbocycles. The van der Waals surface area contributed by atoms with Crippen LogP contribution in [-0.2, 0) is 0 Å². The number of hydrogen-bond acceptors (Lipinski definition) is 3. The van der Waals surface area contributed by atoms with Crippen molar-refractivity contribution in [2.24, 2.45) is 0 Å². The number of pyridine rings is 2. The fourth-order valence-electron chi connectivity index (χ4n) is 1.59. The molecule has 0 unspecified atom stereocenters. The van der Waals surface area contributed by atoms with Gasteiger partial charge in [0.05, 0.1) is 10.7 Å². The summed E-state index contributed by atoms with van der Waals surface area (Å²) in [5.74, 6) is 1.40. The highest BCUT2D eigenvalue weighted by molar-refractivity contribution is 6.48. The van der Waals surface area contributed by atoms with Crippen LogP contribution < -0.4 is 5.32 Å². The van der Waals surface area contributed by atoms with E-state index < -0.39 is 0 Å². The highest BCUT2D eigenvalue weighted by Crippen LogP contribution is 2.23. The maximum Gasteiger partial charge on any atom is 0.132 e. The van der Waals surface area contributed by atoms with Gasteiger partial charge in [0.2, 0.25) is 0 Å². The van der Waals surface area contributed by atoms with E-state index in [9.17, 15) is 0 Å². The second kappa shape index (κ2) is 5.67. The maximum absolute atomic E-state index is 5.93. The lowest BCUT2D eigenvalue weighted by atomic mass is 10.2. The lowest BCUT2D eigenvalue weighted by molar-refractivity contribution is 1.21. The van der Waals surface area contributed by atoms with E-state index in [1.165, 1.54) is 0 Å². The van der Waals surface area contributed by atoms with Crippen LogP contribution in [0.15, 0.2) is 43.6 Å². The summed E-state index contributed by atoms with van der Waals surface area (Å²) >= 11 is 5.93. The zero-order valence-electron chi connectivity index (χ0n) is 10.7. The molecule has 2 rings (SSSR count). The second-order valence-corrected chi connectivity index (χ2v) is 4.55. The topological polar surface area (TPSA) is 37.8 Å². The Kier molecular flexibility index (Phi) is 3.97. The minimum Gasteiger partial charge on any atom is -0.325 e. The molecule has 2 heterocycles. The normalized spacial score (nSPS) is 10.0. The van der Waals surface area contributed by atoms with Gasteiger partial charge in [0.15, 0.2) is 0 Å². The van der Waals surface area contributed by atoms with Gasteiger partial charge < -0.3 is 5.32 Å². The minimum absolute atomic E-state index is 0.385. The van der Waals surface area contributed by atoms with Crippen LogP contribution in [-0.4, -0.2) is 9.97 Å². The number of nitrogens with one attached hydrogen (secondary N) is 1. The summed E-state index contributed by atoms with van der Waals surface area (Å²) in [5, 5.41) is 3.51. The van der Waals surface area contributed by atoms with Gasteiger partial charge in [0, 0.05) is 11.8 Å². The molecule has 0 amide bonds. The Bertz CT molecular complexity index is 618. The van der Waals surface area contributed by atoms with Crippen LogP contribution in [0.1, 0.15) is 16.8 Å². The van der Waals surface area contributed by atoms with Crippen LogP contribution in [0.3, 0.4) is 0 Å². The molecule has 0 aliphatic rings. The maximum atomic E-state index is 5.93.